The van der Waals surface area contributed by atoms with Crippen LogP contribution in [0.5, 0.6) is 0 Å². The zero-order chi connectivity index (χ0) is 13.6. The van der Waals surface area contributed by atoms with E-state index in [2.05, 4.69) is 5.32 Å². The van der Waals surface area contributed by atoms with Crippen LogP contribution in [0, 0.1) is 0 Å². The minimum absolute atomic E-state index is 0.0316. The van der Waals surface area contributed by atoms with Gasteiger partial charge in [-0.05, 0) is 24.3 Å². The molecule has 0 aliphatic rings. The molecule has 18 heavy (non-hydrogen) atoms. The van der Waals surface area contributed by atoms with Crippen molar-refractivity contribution in [3.05, 3.63) is 22.4 Å². The number of carbonyl (C=O) groups is 2. The van der Waals surface area contributed by atoms with Gasteiger partial charge >= 0.3 is 5.97 Å². The smallest absolute Gasteiger partial charge is 0.305 e. The molecule has 1 aromatic rings. The highest BCUT2D eigenvalue weighted by Crippen LogP contribution is 2.20. The lowest BCUT2D eigenvalue weighted by molar-refractivity contribution is -0.139. The molecular weight excluding hydrogens is 250 g/mol. The van der Waals surface area contributed by atoms with Gasteiger partial charge in [0.2, 0.25) is 5.91 Å². The van der Waals surface area contributed by atoms with Crippen LogP contribution in [0.25, 0.3) is 0 Å². The van der Waals surface area contributed by atoms with Crippen molar-refractivity contribution >= 4 is 23.2 Å². The molecule has 0 atom stereocenters. The van der Waals surface area contributed by atoms with Crippen molar-refractivity contribution in [3.8, 4) is 0 Å². The molecule has 0 bridgehead atoms. The van der Waals surface area contributed by atoms with Crippen molar-refractivity contribution in [3.63, 3.8) is 0 Å². The Kier molecular flexibility index (Phi) is 5.34. The summed E-state index contributed by atoms with van der Waals surface area (Å²) in [6.45, 7) is 3.80. The van der Waals surface area contributed by atoms with E-state index in [-0.39, 0.29) is 12.3 Å². The van der Waals surface area contributed by atoms with Crippen LogP contribution in [-0.2, 0) is 16.0 Å². The van der Waals surface area contributed by atoms with Crippen molar-refractivity contribution in [1.29, 1.82) is 0 Å². The lowest BCUT2D eigenvalue weighted by Gasteiger charge is -2.31. The molecule has 0 saturated carbocycles. The van der Waals surface area contributed by atoms with Crippen LogP contribution >= 0.6 is 11.3 Å². The Morgan fingerprint density at radius 3 is 2.50 bits per heavy atom. The van der Waals surface area contributed by atoms with Crippen LogP contribution in [0.4, 0.5) is 0 Å². The van der Waals surface area contributed by atoms with Gasteiger partial charge in [-0.15, -0.1) is 11.3 Å². The van der Waals surface area contributed by atoms with Gasteiger partial charge in [-0.3, -0.25) is 9.59 Å². The molecular formula is C13H19NO3S. The first kappa shape index (κ1) is 14.7. The van der Waals surface area contributed by atoms with Gasteiger partial charge in [0.25, 0.3) is 0 Å². The molecule has 4 nitrogen and oxygen atoms in total. The first-order valence-electron chi connectivity index (χ1n) is 6.06. The van der Waals surface area contributed by atoms with E-state index in [1.54, 1.807) is 0 Å². The first-order valence-corrected chi connectivity index (χ1v) is 6.94. The van der Waals surface area contributed by atoms with E-state index in [4.69, 9.17) is 5.11 Å². The molecule has 2 N–H and O–H groups in total. The summed E-state index contributed by atoms with van der Waals surface area (Å²) in [7, 11) is 0. The highest BCUT2D eigenvalue weighted by molar-refractivity contribution is 7.10. The molecule has 0 radical (unpaired) electrons. The number of hydrogen-bond donors (Lipinski definition) is 2. The summed E-state index contributed by atoms with van der Waals surface area (Å²) >= 11 is 1.53. The summed E-state index contributed by atoms with van der Waals surface area (Å²) < 4.78 is 0. The number of thiophene rings is 1. The summed E-state index contributed by atoms with van der Waals surface area (Å²) in [5.74, 6) is -0.988. The second kappa shape index (κ2) is 6.54. The van der Waals surface area contributed by atoms with Crippen molar-refractivity contribution in [1.82, 2.24) is 5.32 Å². The predicted octanol–water partition coefficient (Wildman–Crippen LogP) is 2.44. The van der Waals surface area contributed by atoms with E-state index < -0.39 is 11.5 Å². The highest BCUT2D eigenvalue weighted by atomic mass is 32.1. The Balaban J connectivity index is 2.65. The average molecular weight is 269 g/mol. The minimum Gasteiger partial charge on any atom is -0.481 e. The fourth-order valence-electron chi connectivity index (χ4n) is 1.92. The molecule has 1 aromatic heterocycles. The van der Waals surface area contributed by atoms with Crippen molar-refractivity contribution < 1.29 is 14.7 Å². The molecule has 0 fully saturated rings. The van der Waals surface area contributed by atoms with Gasteiger partial charge in [0.1, 0.15) is 0 Å². The molecule has 0 aliphatic carbocycles. The topological polar surface area (TPSA) is 66.4 Å². The number of carboxylic acids is 1. The van der Waals surface area contributed by atoms with Gasteiger partial charge in [-0.25, -0.2) is 0 Å². The molecule has 100 valence electrons. The SMILES string of the molecule is CCC(CC)(CC(=O)O)NC(=O)Cc1cccs1. The Bertz CT molecular complexity index is 396. The van der Waals surface area contributed by atoms with E-state index in [1.165, 1.54) is 11.3 Å². The number of amides is 1. The van der Waals surface area contributed by atoms with Crippen LogP contribution in [0.3, 0.4) is 0 Å². The summed E-state index contributed by atoms with van der Waals surface area (Å²) in [6.07, 6.45) is 1.52. The normalized spacial score (nSPS) is 11.2. The summed E-state index contributed by atoms with van der Waals surface area (Å²) in [5.41, 5.74) is -0.625. The molecule has 1 amide bonds. The van der Waals surface area contributed by atoms with Gasteiger partial charge < -0.3 is 10.4 Å². The zero-order valence-electron chi connectivity index (χ0n) is 10.7. The number of hydrogen-bond acceptors (Lipinski definition) is 3. The van der Waals surface area contributed by atoms with Crippen LogP contribution in [0.2, 0.25) is 0 Å². The molecule has 0 aromatic carbocycles. The van der Waals surface area contributed by atoms with Gasteiger partial charge in [0.15, 0.2) is 0 Å². The summed E-state index contributed by atoms with van der Waals surface area (Å²) in [4.78, 5) is 23.8. The van der Waals surface area contributed by atoms with E-state index in [1.807, 2.05) is 31.4 Å². The van der Waals surface area contributed by atoms with E-state index in [0.29, 0.717) is 19.3 Å². The predicted molar refractivity (Wildman–Crippen MR) is 71.7 cm³/mol. The Labute approximate surface area is 111 Å². The third-order valence-corrected chi connectivity index (χ3v) is 4.04. The largest absolute Gasteiger partial charge is 0.481 e. The lowest BCUT2D eigenvalue weighted by atomic mass is 9.89. The first-order chi connectivity index (χ1) is 8.51. The molecule has 0 saturated heterocycles. The minimum atomic E-state index is -0.880. The summed E-state index contributed by atoms with van der Waals surface area (Å²) in [6, 6.07) is 3.80. The van der Waals surface area contributed by atoms with E-state index >= 15 is 0 Å². The van der Waals surface area contributed by atoms with E-state index in [0.717, 1.165) is 4.88 Å². The monoisotopic (exact) mass is 269 g/mol. The summed E-state index contributed by atoms with van der Waals surface area (Å²) in [5, 5.41) is 13.7. The van der Waals surface area contributed by atoms with Crippen molar-refractivity contribution in [2.24, 2.45) is 0 Å². The fourth-order valence-corrected chi connectivity index (χ4v) is 2.63. The molecule has 5 heteroatoms. The highest BCUT2D eigenvalue weighted by Gasteiger charge is 2.30. The Morgan fingerprint density at radius 2 is 2.06 bits per heavy atom. The van der Waals surface area contributed by atoms with E-state index in [9.17, 15) is 9.59 Å². The number of carboxylic acid groups (broad SMARTS) is 1. The number of rotatable bonds is 7. The third kappa shape index (κ3) is 4.14. The third-order valence-electron chi connectivity index (χ3n) is 3.16. The average Bonchev–Trinajstić information content (AvgIpc) is 2.80. The molecule has 1 rings (SSSR count). The molecule has 0 unspecified atom stereocenters. The van der Waals surface area contributed by atoms with Crippen LogP contribution in [-0.4, -0.2) is 22.5 Å². The van der Waals surface area contributed by atoms with Gasteiger partial charge in [0.05, 0.1) is 12.8 Å². The number of nitrogens with one attached hydrogen (secondary N) is 1. The maximum atomic E-state index is 11.9. The number of aliphatic carboxylic acids is 1. The fraction of sp³-hybridized carbons (Fsp3) is 0.538. The van der Waals surface area contributed by atoms with Crippen LogP contribution < -0.4 is 5.32 Å². The zero-order valence-corrected chi connectivity index (χ0v) is 11.5. The Morgan fingerprint density at radius 1 is 1.39 bits per heavy atom. The van der Waals surface area contributed by atoms with Crippen LogP contribution in [0.15, 0.2) is 17.5 Å². The standard InChI is InChI=1S/C13H19NO3S/c1-3-13(4-2,9-12(16)17)14-11(15)8-10-6-5-7-18-10/h5-7H,3-4,8-9H2,1-2H3,(H,14,15)(H,16,17). The maximum Gasteiger partial charge on any atom is 0.305 e. The van der Waals surface area contributed by atoms with Gasteiger partial charge in [0, 0.05) is 10.4 Å². The number of carbonyl (C=O) groups excluding carboxylic acids is 1. The lowest BCUT2D eigenvalue weighted by Crippen LogP contribution is -2.49. The second-order valence-electron chi connectivity index (χ2n) is 4.36. The maximum absolute atomic E-state index is 11.9. The molecule has 1 heterocycles. The van der Waals surface area contributed by atoms with Crippen molar-refractivity contribution in [2.45, 2.75) is 45.1 Å². The van der Waals surface area contributed by atoms with Crippen LogP contribution in [0.1, 0.15) is 38.0 Å². The van der Waals surface area contributed by atoms with Gasteiger partial charge in [-0.1, -0.05) is 19.9 Å². The quantitative estimate of drug-likeness (QED) is 0.799. The molecule has 0 spiro atoms. The second-order valence-corrected chi connectivity index (χ2v) is 5.39. The molecule has 0 aliphatic heterocycles. The van der Waals surface area contributed by atoms with Crippen molar-refractivity contribution in [2.75, 3.05) is 0 Å². The van der Waals surface area contributed by atoms with Gasteiger partial charge in [-0.2, -0.15) is 0 Å². The Hall–Kier alpha value is -1.36.